The van der Waals surface area contributed by atoms with Gasteiger partial charge in [-0.15, -0.1) is 0 Å². The van der Waals surface area contributed by atoms with Crippen LogP contribution in [0.4, 0.5) is 0 Å². The van der Waals surface area contributed by atoms with E-state index in [-0.39, 0.29) is 5.78 Å². The highest BCUT2D eigenvalue weighted by Crippen LogP contribution is 2.16. The number of Topliss-reactive ketones (excluding diaryl/α,β-unsaturated/α-hetero) is 1. The molecule has 1 N–H and O–H groups in total. The molecule has 0 amide bonds. The van der Waals surface area contributed by atoms with Crippen molar-refractivity contribution in [2.45, 2.75) is 110 Å². The second kappa shape index (κ2) is 17.8. The van der Waals surface area contributed by atoms with Crippen LogP contribution in [0.15, 0.2) is 12.2 Å². The van der Waals surface area contributed by atoms with E-state index in [2.05, 4.69) is 26.0 Å². The number of hydrogen-bond acceptors (Lipinski definition) is 3. The summed E-state index contributed by atoms with van der Waals surface area (Å²) in [6, 6.07) is 0. The molecule has 0 radical (unpaired) electrons. The number of ketones is 1. The Morgan fingerprint density at radius 3 is 2.20 bits per heavy atom. The van der Waals surface area contributed by atoms with Crippen molar-refractivity contribution in [1.82, 2.24) is 0 Å². The van der Waals surface area contributed by atoms with E-state index in [9.17, 15) is 14.7 Å². The van der Waals surface area contributed by atoms with E-state index in [4.69, 9.17) is 0 Å². The molecule has 3 heteroatoms. The molecule has 0 bridgehead atoms. The van der Waals surface area contributed by atoms with Crippen LogP contribution in [0, 0.1) is 5.92 Å². The van der Waals surface area contributed by atoms with Gasteiger partial charge in [-0.3, -0.25) is 4.79 Å². The summed E-state index contributed by atoms with van der Waals surface area (Å²) in [5.41, 5.74) is 0. The van der Waals surface area contributed by atoms with Crippen LogP contribution < -0.4 is 0 Å². The Labute approximate surface area is 155 Å². The minimum Gasteiger partial charge on any atom is -0.392 e. The van der Waals surface area contributed by atoms with Crippen molar-refractivity contribution in [3.05, 3.63) is 12.2 Å². The number of hydrogen-bond donors (Lipinski definition) is 1. The van der Waals surface area contributed by atoms with Crippen molar-refractivity contribution >= 4 is 12.1 Å². The molecule has 0 aliphatic heterocycles. The number of aliphatic hydroxyl groups excluding tert-OH is 1. The first kappa shape index (κ1) is 24.0. The molecule has 0 fully saturated rings. The second-order valence-electron chi connectivity index (χ2n) is 7.08. The quantitative estimate of drug-likeness (QED) is 0.147. The predicted octanol–water partition coefficient (Wildman–Crippen LogP) is 5.79. The second-order valence-corrected chi connectivity index (χ2v) is 7.08. The maximum absolute atomic E-state index is 12.2. The van der Waals surface area contributed by atoms with Crippen LogP contribution >= 0.6 is 0 Å². The molecule has 0 aromatic heterocycles. The van der Waals surface area contributed by atoms with Gasteiger partial charge in [0.1, 0.15) is 12.1 Å². The topological polar surface area (TPSA) is 54.4 Å². The molecule has 2 atom stereocenters. The number of aldehydes is 1. The molecule has 2 unspecified atom stereocenters. The van der Waals surface area contributed by atoms with Crippen molar-refractivity contribution in [3.8, 4) is 0 Å². The van der Waals surface area contributed by atoms with E-state index in [1.165, 1.54) is 25.7 Å². The van der Waals surface area contributed by atoms with E-state index < -0.39 is 12.0 Å². The van der Waals surface area contributed by atoms with Gasteiger partial charge in [0, 0.05) is 6.42 Å². The number of unbranched alkanes of at least 4 members (excludes halogenated alkanes) is 9. The van der Waals surface area contributed by atoms with Gasteiger partial charge in [0.05, 0.1) is 12.0 Å². The highest BCUT2D eigenvalue weighted by Gasteiger charge is 2.25. The summed E-state index contributed by atoms with van der Waals surface area (Å²) in [5.74, 6) is -0.896. The van der Waals surface area contributed by atoms with Gasteiger partial charge in [-0.05, 0) is 32.1 Å². The average molecular weight is 353 g/mol. The predicted molar refractivity (Wildman–Crippen MR) is 106 cm³/mol. The van der Waals surface area contributed by atoms with Crippen LogP contribution in [0.3, 0.4) is 0 Å². The monoisotopic (exact) mass is 352 g/mol. The highest BCUT2D eigenvalue weighted by atomic mass is 16.3. The number of allylic oxidation sites excluding steroid dienone is 2. The van der Waals surface area contributed by atoms with Crippen LogP contribution in [0.2, 0.25) is 0 Å². The average Bonchev–Trinajstić information content (AvgIpc) is 2.60. The van der Waals surface area contributed by atoms with Gasteiger partial charge in [-0.25, -0.2) is 0 Å². The number of carbonyl (C=O) groups excluding carboxylic acids is 2. The standard InChI is InChI=1S/C22H40O3/c1-3-5-7-9-10-11-12-14-16-18-22(25)20(19-23)21(24)17-15-13-8-6-4-2/h5,7,19-21,24H,3-4,6,8-18H2,1-2H3. The number of aliphatic hydroxyl groups is 1. The minimum atomic E-state index is -0.814. The summed E-state index contributed by atoms with van der Waals surface area (Å²) in [6.45, 7) is 4.31. The van der Waals surface area contributed by atoms with Crippen LogP contribution in [0.1, 0.15) is 104 Å². The Morgan fingerprint density at radius 2 is 1.52 bits per heavy atom. The lowest BCUT2D eigenvalue weighted by molar-refractivity contribution is -0.131. The fraction of sp³-hybridized carbons (Fsp3) is 0.818. The molecule has 0 aromatic carbocycles. The molecule has 3 nitrogen and oxygen atoms in total. The molecule has 0 rings (SSSR count). The van der Waals surface area contributed by atoms with Gasteiger partial charge in [0.2, 0.25) is 0 Å². The van der Waals surface area contributed by atoms with E-state index in [1.807, 2.05) is 0 Å². The molecular weight excluding hydrogens is 312 g/mol. The summed E-state index contributed by atoms with van der Waals surface area (Å²) in [4.78, 5) is 23.4. The molecule has 0 aliphatic rings. The van der Waals surface area contributed by atoms with Crippen molar-refractivity contribution < 1.29 is 14.7 Å². The van der Waals surface area contributed by atoms with Gasteiger partial charge in [-0.2, -0.15) is 0 Å². The molecule has 0 saturated carbocycles. The lowest BCUT2D eigenvalue weighted by Gasteiger charge is -2.16. The molecular formula is C22H40O3. The van der Waals surface area contributed by atoms with E-state index >= 15 is 0 Å². The highest BCUT2D eigenvalue weighted by molar-refractivity contribution is 5.93. The van der Waals surface area contributed by atoms with Crippen molar-refractivity contribution in [1.29, 1.82) is 0 Å². The number of rotatable bonds is 18. The summed E-state index contributed by atoms with van der Waals surface area (Å²) in [6.07, 6.45) is 18.4. The number of carbonyl (C=O) groups is 2. The Kier molecular flexibility index (Phi) is 17.2. The largest absolute Gasteiger partial charge is 0.392 e. The lowest BCUT2D eigenvalue weighted by atomic mass is 9.91. The SMILES string of the molecule is CCC=CCCCCCCCC(=O)C(C=O)C(O)CCCCCCC. The third-order valence-corrected chi connectivity index (χ3v) is 4.73. The Balaban J connectivity index is 3.78. The lowest BCUT2D eigenvalue weighted by Crippen LogP contribution is -2.29. The van der Waals surface area contributed by atoms with Crippen molar-refractivity contribution in [2.24, 2.45) is 5.92 Å². The smallest absolute Gasteiger partial charge is 0.145 e. The molecule has 0 saturated heterocycles. The maximum atomic E-state index is 12.2. The van der Waals surface area contributed by atoms with Crippen LogP contribution in [-0.2, 0) is 9.59 Å². The van der Waals surface area contributed by atoms with E-state index in [1.54, 1.807) is 0 Å². The zero-order valence-corrected chi connectivity index (χ0v) is 16.5. The molecule has 25 heavy (non-hydrogen) atoms. The fourth-order valence-electron chi connectivity index (χ4n) is 3.06. The molecule has 0 aromatic rings. The Hall–Kier alpha value is -0.960. The summed E-state index contributed by atoms with van der Waals surface area (Å²) >= 11 is 0. The van der Waals surface area contributed by atoms with Gasteiger partial charge in [0.25, 0.3) is 0 Å². The zero-order valence-electron chi connectivity index (χ0n) is 16.5. The van der Waals surface area contributed by atoms with Crippen molar-refractivity contribution in [3.63, 3.8) is 0 Å². The third-order valence-electron chi connectivity index (χ3n) is 4.73. The molecule has 146 valence electrons. The zero-order chi connectivity index (χ0) is 18.8. The molecule has 0 spiro atoms. The van der Waals surface area contributed by atoms with Crippen molar-refractivity contribution in [2.75, 3.05) is 0 Å². The first-order valence-corrected chi connectivity index (χ1v) is 10.5. The minimum absolute atomic E-state index is 0.0815. The first-order valence-electron chi connectivity index (χ1n) is 10.5. The maximum Gasteiger partial charge on any atom is 0.145 e. The van der Waals surface area contributed by atoms with Crippen LogP contribution in [-0.4, -0.2) is 23.3 Å². The van der Waals surface area contributed by atoms with Gasteiger partial charge < -0.3 is 9.90 Å². The Morgan fingerprint density at radius 1 is 0.880 bits per heavy atom. The fourth-order valence-corrected chi connectivity index (χ4v) is 3.06. The first-order chi connectivity index (χ1) is 12.2. The van der Waals surface area contributed by atoms with Crippen LogP contribution in [0.25, 0.3) is 0 Å². The van der Waals surface area contributed by atoms with Crippen LogP contribution in [0.5, 0.6) is 0 Å². The van der Waals surface area contributed by atoms with E-state index in [0.29, 0.717) is 19.1 Å². The van der Waals surface area contributed by atoms with E-state index in [0.717, 1.165) is 51.4 Å². The normalized spacial score (nSPS) is 13.9. The molecule has 0 heterocycles. The summed E-state index contributed by atoms with van der Waals surface area (Å²) in [7, 11) is 0. The van der Waals surface area contributed by atoms with Gasteiger partial charge >= 0.3 is 0 Å². The Bertz CT molecular complexity index is 349. The third kappa shape index (κ3) is 13.9. The van der Waals surface area contributed by atoms with Gasteiger partial charge in [0.15, 0.2) is 0 Å². The van der Waals surface area contributed by atoms with Gasteiger partial charge in [-0.1, -0.05) is 77.4 Å². The summed E-state index contributed by atoms with van der Waals surface area (Å²) < 4.78 is 0. The summed E-state index contributed by atoms with van der Waals surface area (Å²) in [5, 5.41) is 10.1. The molecule has 0 aliphatic carbocycles.